The van der Waals surface area contributed by atoms with Crippen molar-refractivity contribution >= 4 is 23.1 Å². The van der Waals surface area contributed by atoms with Gasteiger partial charge < -0.3 is 0 Å². The zero-order chi connectivity index (χ0) is 25.6. The normalized spacial score (nSPS) is 14.9. The van der Waals surface area contributed by atoms with Gasteiger partial charge in [0.25, 0.3) is 0 Å². The second-order valence-electron chi connectivity index (χ2n) is 11.6. The quantitative estimate of drug-likeness (QED) is 0.235. The summed E-state index contributed by atoms with van der Waals surface area (Å²) >= 11 is 0. The minimum Gasteiger partial charge on any atom is -0.0667 e. The van der Waals surface area contributed by atoms with Crippen molar-refractivity contribution in [2.24, 2.45) is 0 Å². The molecule has 0 aliphatic carbocycles. The molecule has 1 aliphatic heterocycles. The molecule has 1 heteroatoms. The lowest BCUT2D eigenvalue weighted by molar-refractivity contribution is 0.812. The maximum atomic E-state index is 2.51. The number of fused-ring (bicyclic) bond motifs is 2. The van der Waals surface area contributed by atoms with Crippen molar-refractivity contribution in [2.45, 2.75) is 72.1 Å². The fraction of sp³-hybridized carbons (Fsp3) is 0.314. The van der Waals surface area contributed by atoms with E-state index in [9.17, 15) is 0 Å². The molecule has 4 aromatic rings. The minimum absolute atomic E-state index is 0.243. The zero-order valence-corrected chi connectivity index (χ0v) is 23.0. The van der Waals surface area contributed by atoms with Crippen LogP contribution < -0.4 is 16.4 Å². The molecule has 0 N–H and O–H groups in total. The molecule has 0 spiro atoms. The van der Waals surface area contributed by atoms with Crippen LogP contribution in [-0.4, -0.2) is 6.71 Å². The Morgan fingerprint density at radius 3 is 1.78 bits per heavy atom. The van der Waals surface area contributed by atoms with Crippen molar-refractivity contribution in [3.05, 3.63) is 124 Å². The van der Waals surface area contributed by atoms with E-state index in [1.165, 1.54) is 55.3 Å². The van der Waals surface area contributed by atoms with Crippen LogP contribution in [0.1, 0.15) is 104 Å². The number of hydrogen-bond donors (Lipinski definition) is 0. The maximum Gasteiger partial charge on any atom is 0.242 e. The van der Waals surface area contributed by atoms with Gasteiger partial charge in [0, 0.05) is 5.92 Å². The Balaban J connectivity index is 1.87. The van der Waals surface area contributed by atoms with E-state index in [1.807, 2.05) is 0 Å². The van der Waals surface area contributed by atoms with Crippen molar-refractivity contribution in [1.82, 2.24) is 0 Å². The molecule has 0 nitrogen and oxygen atoms in total. The van der Waals surface area contributed by atoms with Crippen molar-refractivity contribution in [3.8, 4) is 0 Å². The highest BCUT2D eigenvalue weighted by molar-refractivity contribution is 6.97. The lowest BCUT2D eigenvalue weighted by atomic mass is 9.31. The fourth-order valence-electron chi connectivity index (χ4n) is 6.24. The molecule has 1 aliphatic rings. The van der Waals surface area contributed by atoms with E-state index in [0.29, 0.717) is 17.8 Å². The van der Waals surface area contributed by atoms with E-state index in [2.05, 4.69) is 133 Å². The van der Waals surface area contributed by atoms with Gasteiger partial charge in [-0.3, -0.25) is 0 Å². The third kappa shape index (κ3) is 4.24. The summed E-state index contributed by atoms with van der Waals surface area (Å²) in [5, 5.41) is 0. The first kappa shape index (κ1) is 24.6. The molecule has 0 saturated carbocycles. The summed E-state index contributed by atoms with van der Waals surface area (Å²) in [6, 6.07) is 32.5. The lowest BCUT2D eigenvalue weighted by Gasteiger charge is -2.36. The molecule has 182 valence electrons. The smallest absolute Gasteiger partial charge is 0.0667 e. The van der Waals surface area contributed by atoms with Gasteiger partial charge in [0.1, 0.15) is 0 Å². The van der Waals surface area contributed by atoms with Crippen LogP contribution in [0.4, 0.5) is 0 Å². The van der Waals surface area contributed by atoms with E-state index in [4.69, 9.17) is 0 Å². The lowest BCUT2D eigenvalue weighted by Crippen LogP contribution is -2.60. The first-order chi connectivity index (χ1) is 17.3. The van der Waals surface area contributed by atoms with E-state index in [0.717, 1.165) is 0 Å². The van der Waals surface area contributed by atoms with E-state index in [-0.39, 0.29) is 12.6 Å². The van der Waals surface area contributed by atoms with Crippen LogP contribution in [0.2, 0.25) is 0 Å². The highest BCUT2D eigenvalue weighted by Gasteiger charge is 2.39. The molecule has 1 unspecified atom stereocenters. The van der Waals surface area contributed by atoms with Crippen molar-refractivity contribution in [3.63, 3.8) is 0 Å². The molecule has 0 aromatic heterocycles. The van der Waals surface area contributed by atoms with E-state index >= 15 is 0 Å². The largest absolute Gasteiger partial charge is 0.242 e. The Bertz CT molecular complexity index is 1350. The highest BCUT2D eigenvalue weighted by atomic mass is 14.3. The van der Waals surface area contributed by atoms with Gasteiger partial charge in [0.05, 0.1) is 0 Å². The summed E-state index contributed by atoms with van der Waals surface area (Å²) in [6.07, 6.45) is 0. The molecule has 0 bridgehead atoms. The topological polar surface area (TPSA) is 0 Å². The van der Waals surface area contributed by atoms with Gasteiger partial charge in [-0.25, -0.2) is 0 Å². The molecule has 0 saturated heterocycles. The second kappa shape index (κ2) is 9.77. The van der Waals surface area contributed by atoms with Gasteiger partial charge in [-0.2, -0.15) is 0 Å². The highest BCUT2D eigenvalue weighted by Crippen LogP contribution is 2.35. The average Bonchev–Trinajstić information content (AvgIpc) is 2.86. The minimum atomic E-state index is 0.243. The monoisotopic (exact) mass is 470 g/mol. The Labute approximate surface area is 218 Å². The number of benzene rings is 4. The predicted octanol–water partition coefficient (Wildman–Crippen LogP) is 7.38. The Morgan fingerprint density at radius 2 is 1.17 bits per heavy atom. The van der Waals surface area contributed by atoms with Gasteiger partial charge in [0.2, 0.25) is 6.71 Å². The Morgan fingerprint density at radius 1 is 0.583 bits per heavy atom. The second-order valence-corrected chi connectivity index (χ2v) is 11.6. The Hall–Kier alpha value is -3.06. The summed E-state index contributed by atoms with van der Waals surface area (Å²) < 4.78 is 0. The van der Waals surface area contributed by atoms with Crippen molar-refractivity contribution in [1.29, 1.82) is 0 Å². The first-order valence-corrected chi connectivity index (χ1v) is 13.7. The number of hydrogen-bond acceptors (Lipinski definition) is 0. The van der Waals surface area contributed by atoms with Crippen LogP contribution in [0.5, 0.6) is 0 Å². The van der Waals surface area contributed by atoms with Crippen LogP contribution in [0, 0.1) is 6.92 Å². The summed E-state index contributed by atoms with van der Waals surface area (Å²) in [5.74, 6) is 1.70. The van der Waals surface area contributed by atoms with Gasteiger partial charge in [-0.1, -0.05) is 148 Å². The first-order valence-electron chi connectivity index (χ1n) is 13.7. The summed E-state index contributed by atoms with van der Waals surface area (Å²) in [6.45, 7) is 16.6. The summed E-state index contributed by atoms with van der Waals surface area (Å²) in [5.41, 5.74) is 14.6. The summed E-state index contributed by atoms with van der Waals surface area (Å²) in [4.78, 5) is 0. The fourth-order valence-corrected chi connectivity index (χ4v) is 6.24. The molecule has 0 amide bonds. The summed E-state index contributed by atoms with van der Waals surface area (Å²) in [7, 11) is 0. The predicted molar refractivity (Wildman–Crippen MR) is 158 cm³/mol. The van der Waals surface area contributed by atoms with Crippen LogP contribution in [-0.2, 0) is 0 Å². The zero-order valence-electron chi connectivity index (χ0n) is 23.0. The van der Waals surface area contributed by atoms with Crippen LogP contribution in [0.3, 0.4) is 0 Å². The number of rotatable bonds is 5. The van der Waals surface area contributed by atoms with Gasteiger partial charge in [-0.15, -0.1) is 0 Å². The molecule has 1 atom stereocenters. The average molecular weight is 471 g/mol. The van der Waals surface area contributed by atoms with E-state index < -0.39 is 0 Å². The van der Waals surface area contributed by atoms with Crippen LogP contribution >= 0.6 is 0 Å². The van der Waals surface area contributed by atoms with E-state index in [1.54, 1.807) is 0 Å². The van der Waals surface area contributed by atoms with Crippen LogP contribution in [0.25, 0.3) is 0 Å². The molecular weight excluding hydrogens is 431 g/mol. The standard InChI is InChI=1S/C35H39B/c1-22(2)27-20-29(23(3)4)35(30(21-27)24(5)6)36-32-16-12-11-15-28(32)34(26-13-9-8-10-14-26)31-19-25(7)17-18-33(31)36/h8-24,34H,1-7H3. The molecule has 1 heterocycles. The number of aryl methyl sites for hydroxylation is 1. The van der Waals surface area contributed by atoms with Crippen LogP contribution in [0.15, 0.2) is 84.9 Å². The van der Waals surface area contributed by atoms with Crippen molar-refractivity contribution in [2.75, 3.05) is 0 Å². The molecule has 4 aromatic carbocycles. The molecule has 0 fully saturated rings. The van der Waals surface area contributed by atoms with Gasteiger partial charge >= 0.3 is 0 Å². The molecule has 0 radical (unpaired) electrons. The third-order valence-electron chi connectivity index (χ3n) is 8.08. The van der Waals surface area contributed by atoms with Crippen molar-refractivity contribution < 1.29 is 0 Å². The maximum absolute atomic E-state index is 2.51. The third-order valence-corrected chi connectivity index (χ3v) is 8.08. The molecular formula is C35H39B. The van der Waals surface area contributed by atoms with Gasteiger partial charge in [-0.05, 0) is 58.1 Å². The molecule has 36 heavy (non-hydrogen) atoms. The Kier molecular flexibility index (Phi) is 6.69. The SMILES string of the molecule is Cc1ccc2c(c1)C(c1ccccc1)c1ccccc1B2c1c(C(C)C)cc(C(C)C)cc1C(C)C. The van der Waals surface area contributed by atoms with Gasteiger partial charge in [0.15, 0.2) is 0 Å². The molecule has 5 rings (SSSR count).